The van der Waals surface area contributed by atoms with Crippen LogP contribution in [0.3, 0.4) is 0 Å². The second kappa shape index (κ2) is 1.67. The van der Waals surface area contributed by atoms with Crippen LogP contribution in [-0.4, -0.2) is 0 Å². The van der Waals surface area contributed by atoms with E-state index in [1.165, 1.54) is 5.92 Å². The molecule has 0 aromatic rings. The lowest BCUT2D eigenvalue weighted by Gasteiger charge is -2.66. The number of hydrogen-bond acceptors (Lipinski definition) is 0. The third kappa shape index (κ3) is 0.588. The molecule has 0 nitrogen and oxygen atoms in total. The fourth-order valence-electron chi connectivity index (χ4n) is 3.97. The van der Waals surface area contributed by atoms with Gasteiger partial charge in [-0.05, 0) is 54.8 Å². The van der Waals surface area contributed by atoms with Crippen LogP contribution in [0.15, 0.2) is 0 Å². The normalized spacial score (nSPS) is 57.3. The molecule has 11 heavy (non-hydrogen) atoms. The average Bonchev–Trinajstić information content (AvgIpc) is 1.90. The predicted molar refractivity (Wildman–Crippen MR) is 46.2 cm³/mol. The topological polar surface area (TPSA) is 0 Å². The molecule has 4 aliphatic rings. The van der Waals surface area contributed by atoms with Crippen LogP contribution in [0.1, 0.15) is 39.5 Å². The quantitative estimate of drug-likeness (QED) is 0.498. The fraction of sp³-hybridized carbons (Fsp3) is 1.00. The molecule has 0 radical (unpaired) electrons. The van der Waals surface area contributed by atoms with Gasteiger partial charge in [0, 0.05) is 0 Å². The molecule has 0 aliphatic heterocycles. The monoisotopic (exact) mass is 150 g/mol. The Balaban J connectivity index is 1.88. The van der Waals surface area contributed by atoms with Crippen molar-refractivity contribution in [2.75, 3.05) is 0 Å². The molecule has 4 saturated carbocycles. The molecule has 0 spiro atoms. The van der Waals surface area contributed by atoms with Crippen LogP contribution in [0.2, 0.25) is 0 Å². The molecule has 0 N–H and O–H groups in total. The summed E-state index contributed by atoms with van der Waals surface area (Å²) >= 11 is 0. The summed E-state index contributed by atoms with van der Waals surface area (Å²) in [5.74, 6) is 4.57. The molecule has 4 aliphatic carbocycles. The van der Waals surface area contributed by atoms with Gasteiger partial charge in [0.25, 0.3) is 0 Å². The molecule has 0 saturated heterocycles. The van der Waals surface area contributed by atoms with E-state index in [-0.39, 0.29) is 0 Å². The lowest BCUT2D eigenvalue weighted by Crippen LogP contribution is -2.58. The van der Waals surface area contributed by atoms with Crippen LogP contribution < -0.4 is 0 Å². The van der Waals surface area contributed by atoms with Crippen LogP contribution in [0.5, 0.6) is 0 Å². The Morgan fingerprint density at radius 2 is 1.91 bits per heavy atom. The lowest BCUT2D eigenvalue weighted by atomic mass is 9.39. The second-order valence-electron chi connectivity index (χ2n) is 5.60. The van der Waals surface area contributed by atoms with Crippen molar-refractivity contribution in [2.45, 2.75) is 39.5 Å². The summed E-state index contributed by atoms with van der Waals surface area (Å²) in [5.41, 5.74) is 0.738. The van der Waals surface area contributed by atoms with Crippen LogP contribution in [-0.2, 0) is 0 Å². The zero-order valence-corrected chi connectivity index (χ0v) is 7.64. The van der Waals surface area contributed by atoms with Gasteiger partial charge in [0.1, 0.15) is 0 Å². The van der Waals surface area contributed by atoms with Crippen LogP contribution in [0.25, 0.3) is 0 Å². The molecule has 4 atom stereocenters. The molecule has 4 fully saturated rings. The van der Waals surface area contributed by atoms with Crippen LogP contribution in [0, 0.1) is 29.1 Å². The zero-order chi connectivity index (χ0) is 7.64. The summed E-state index contributed by atoms with van der Waals surface area (Å²) in [6.45, 7) is 5.00. The molecule has 2 bridgehead atoms. The molecule has 0 heterocycles. The molecular formula is C11H18. The van der Waals surface area contributed by atoms with Gasteiger partial charge in [0.15, 0.2) is 0 Å². The molecule has 0 heteroatoms. The van der Waals surface area contributed by atoms with Gasteiger partial charge in [0.2, 0.25) is 0 Å². The van der Waals surface area contributed by atoms with Gasteiger partial charge in [-0.3, -0.25) is 0 Å². The maximum Gasteiger partial charge on any atom is -0.0295 e. The van der Waals surface area contributed by atoms with Gasteiger partial charge in [-0.25, -0.2) is 0 Å². The zero-order valence-electron chi connectivity index (χ0n) is 7.64. The number of hydrogen-bond donors (Lipinski definition) is 0. The van der Waals surface area contributed by atoms with Crippen LogP contribution in [0.4, 0.5) is 0 Å². The molecule has 1 unspecified atom stereocenters. The molecule has 62 valence electrons. The Kier molecular flexibility index (Phi) is 0.990. The van der Waals surface area contributed by atoms with E-state index >= 15 is 0 Å². The van der Waals surface area contributed by atoms with Crippen LogP contribution >= 0.6 is 0 Å². The van der Waals surface area contributed by atoms with Crippen molar-refractivity contribution >= 4 is 0 Å². The van der Waals surface area contributed by atoms with Crippen molar-refractivity contribution in [1.82, 2.24) is 0 Å². The first-order valence-electron chi connectivity index (χ1n) is 5.19. The molecule has 0 aromatic carbocycles. The largest absolute Gasteiger partial charge is 0.0594 e. The van der Waals surface area contributed by atoms with E-state index in [4.69, 9.17) is 0 Å². The Hall–Kier alpha value is 0. The Morgan fingerprint density at radius 1 is 1.09 bits per heavy atom. The highest BCUT2D eigenvalue weighted by Crippen LogP contribution is 2.67. The second-order valence-corrected chi connectivity index (χ2v) is 5.60. The van der Waals surface area contributed by atoms with Crippen molar-refractivity contribution in [1.29, 1.82) is 0 Å². The summed E-state index contributed by atoms with van der Waals surface area (Å²) in [6.07, 6.45) is 6.28. The maximum atomic E-state index is 2.50. The van der Waals surface area contributed by atoms with Crippen molar-refractivity contribution in [2.24, 2.45) is 29.1 Å². The maximum absolute atomic E-state index is 2.50. The summed E-state index contributed by atoms with van der Waals surface area (Å²) in [5, 5.41) is 0. The lowest BCUT2D eigenvalue weighted by molar-refractivity contribution is -0.169. The highest BCUT2D eigenvalue weighted by molar-refractivity contribution is 5.08. The Labute approximate surface area is 69.4 Å². The molecule has 0 aromatic heterocycles. The first kappa shape index (κ1) is 6.51. The Bertz CT molecular complexity index is 192. The van der Waals surface area contributed by atoms with Gasteiger partial charge in [-0.1, -0.05) is 13.8 Å². The van der Waals surface area contributed by atoms with Gasteiger partial charge in [-0.2, -0.15) is 0 Å². The fourth-order valence-corrected chi connectivity index (χ4v) is 3.97. The van der Waals surface area contributed by atoms with Gasteiger partial charge in [-0.15, -0.1) is 0 Å². The predicted octanol–water partition coefficient (Wildman–Crippen LogP) is 3.08. The highest BCUT2D eigenvalue weighted by Gasteiger charge is 2.59. The van der Waals surface area contributed by atoms with Gasteiger partial charge >= 0.3 is 0 Å². The minimum absolute atomic E-state index is 0.738. The first-order chi connectivity index (χ1) is 5.19. The number of rotatable bonds is 0. The molecule has 0 amide bonds. The summed E-state index contributed by atoms with van der Waals surface area (Å²) in [7, 11) is 0. The highest BCUT2D eigenvalue weighted by atomic mass is 14.6. The minimum atomic E-state index is 0.738. The van der Waals surface area contributed by atoms with Crippen molar-refractivity contribution in [3.8, 4) is 0 Å². The van der Waals surface area contributed by atoms with Gasteiger partial charge in [0.05, 0.1) is 0 Å². The third-order valence-corrected chi connectivity index (χ3v) is 5.13. The smallest absolute Gasteiger partial charge is 0.0295 e. The molecule has 4 rings (SSSR count). The first-order valence-corrected chi connectivity index (χ1v) is 5.19. The SMILES string of the molecule is CC1(C)[C@@H]2C[C@H]3CCC3[C@H]1C2. The van der Waals surface area contributed by atoms with E-state index in [0.717, 1.165) is 23.2 Å². The average molecular weight is 150 g/mol. The summed E-state index contributed by atoms with van der Waals surface area (Å²) < 4.78 is 0. The van der Waals surface area contributed by atoms with E-state index in [1.54, 1.807) is 25.7 Å². The van der Waals surface area contributed by atoms with E-state index in [2.05, 4.69) is 13.8 Å². The summed E-state index contributed by atoms with van der Waals surface area (Å²) in [4.78, 5) is 0. The van der Waals surface area contributed by atoms with E-state index in [9.17, 15) is 0 Å². The third-order valence-electron chi connectivity index (χ3n) is 5.13. The molecular weight excluding hydrogens is 132 g/mol. The van der Waals surface area contributed by atoms with Crippen molar-refractivity contribution in [3.63, 3.8) is 0 Å². The van der Waals surface area contributed by atoms with Crippen molar-refractivity contribution in [3.05, 3.63) is 0 Å². The van der Waals surface area contributed by atoms with Gasteiger partial charge < -0.3 is 0 Å². The van der Waals surface area contributed by atoms with E-state index in [1.807, 2.05) is 0 Å². The summed E-state index contributed by atoms with van der Waals surface area (Å²) in [6, 6.07) is 0. The van der Waals surface area contributed by atoms with E-state index < -0.39 is 0 Å². The van der Waals surface area contributed by atoms with E-state index in [0.29, 0.717) is 0 Å². The van der Waals surface area contributed by atoms with Crippen molar-refractivity contribution < 1.29 is 0 Å². The Morgan fingerprint density at radius 3 is 2.27 bits per heavy atom. The minimum Gasteiger partial charge on any atom is -0.0594 e. The standard InChI is InChI=1S/C11H18/c1-11(2)8-5-7-3-4-9(7)10(11)6-8/h7-10H,3-6H2,1-2H3/t7-,8-,9?,10-/m1/s1.